The van der Waals surface area contributed by atoms with Gasteiger partial charge in [0.1, 0.15) is 6.54 Å². The lowest BCUT2D eigenvalue weighted by Gasteiger charge is -2.12. The molecule has 0 bridgehead atoms. The zero-order valence-electron chi connectivity index (χ0n) is 11.0. The molecule has 0 spiro atoms. The van der Waals surface area contributed by atoms with Crippen molar-refractivity contribution in [3.8, 4) is 5.88 Å². The third kappa shape index (κ3) is 1.39. The van der Waals surface area contributed by atoms with E-state index in [4.69, 9.17) is 5.11 Å². The van der Waals surface area contributed by atoms with Gasteiger partial charge in [-0.1, -0.05) is 0 Å². The normalized spacial score (nSPS) is 11.8. The Morgan fingerprint density at radius 2 is 1.73 bits per heavy atom. The second-order valence-corrected chi connectivity index (χ2v) is 5.07. The molecule has 0 fully saturated rings. The van der Waals surface area contributed by atoms with E-state index in [-0.39, 0.29) is 5.39 Å². The summed E-state index contributed by atoms with van der Waals surface area (Å²) in [6, 6.07) is 6.07. The van der Waals surface area contributed by atoms with Crippen LogP contribution in [-0.4, -0.2) is 25.7 Å². The Balaban J connectivity index is 2.32. The Kier molecular flexibility index (Phi) is 2.22. The van der Waals surface area contributed by atoms with E-state index in [1.165, 1.54) is 18.2 Å². The van der Waals surface area contributed by atoms with Crippen molar-refractivity contribution < 1.29 is 15.0 Å². The van der Waals surface area contributed by atoms with Crippen LogP contribution in [0.3, 0.4) is 0 Å². The number of aromatic nitrogens is 2. The van der Waals surface area contributed by atoms with Gasteiger partial charge < -0.3 is 10.2 Å². The van der Waals surface area contributed by atoms with Crippen LogP contribution in [0.25, 0.3) is 32.4 Å². The zero-order chi connectivity index (χ0) is 15.6. The quantitative estimate of drug-likeness (QED) is 0.564. The number of aliphatic carboxylic acids is 1. The van der Waals surface area contributed by atoms with Crippen molar-refractivity contribution >= 4 is 38.4 Å². The molecule has 2 N–H and O–H groups in total. The summed E-state index contributed by atoms with van der Waals surface area (Å²) in [5.41, 5.74) is -0.554. The van der Waals surface area contributed by atoms with Gasteiger partial charge in [0.05, 0.1) is 10.9 Å². The molecular weight excluding hydrogens is 288 g/mol. The van der Waals surface area contributed by atoms with Gasteiger partial charge in [0.25, 0.3) is 11.1 Å². The van der Waals surface area contributed by atoms with E-state index in [0.29, 0.717) is 27.1 Å². The van der Waals surface area contributed by atoms with Crippen LogP contribution in [0.2, 0.25) is 0 Å². The molecule has 2 aromatic heterocycles. The smallest absolute Gasteiger partial charge is 0.323 e. The molecule has 0 aliphatic rings. The molecule has 22 heavy (non-hydrogen) atoms. The third-order valence-electron chi connectivity index (χ3n) is 3.86. The minimum Gasteiger partial charge on any atom is -0.494 e. The number of aromatic hydroxyl groups is 1. The number of hydrogen-bond acceptors (Lipinski definition) is 5. The van der Waals surface area contributed by atoms with Gasteiger partial charge in [0.2, 0.25) is 5.88 Å². The van der Waals surface area contributed by atoms with Gasteiger partial charge in [-0.15, -0.1) is 0 Å². The minimum atomic E-state index is -1.23. The van der Waals surface area contributed by atoms with Crippen LogP contribution in [0, 0.1) is 0 Å². The first-order valence-corrected chi connectivity index (χ1v) is 6.45. The first kappa shape index (κ1) is 12.5. The van der Waals surface area contributed by atoms with Gasteiger partial charge in [-0.3, -0.25) is 19.0 Å². The van der Waals surface area contributed by atoms with Crippen molar-refractivity contribution in [2.45, 2.75) is 6.54 Å². The number of pyridine rings is 1. The standard InChI is InChI=1S/C15H8N2O5/c18-10(19)5-17-14(21)7-2-1-6-12-9(16-13(6)20)4-3-8(11(7)12)15(17)22/h1-4,22H,5H2,(H,18,19). The third-order valence-corrected chi connectivity index (χ3v) is 3.86. The molecule has 0 radical (unpaired) electrons. The molecule has 0 saturated heterocycles. The van der Waals surface area contributed by atoms with Gasteiger partial charge in [-0.05, 0) is 24.3 Å². The van der Waals surface area contributed by atoms with Crippen molar-refractivity contribution in [2.75, 3.05) is 0 Å². The van der Waals surface area contributed by atoms with Crippen LogP contribution in [0.15, 0.2) is 33.9 Å². The highest BCUT2D eigenvalue weighted by molar-refractivity contribution is 6.23. The molecule has 0 unspecified atom stereocenters. The SMILES string of the molecule is O=C(O)Cn1c(O)c2ccc3nc(=O)c4ccc(c1=O)c2c34. The highest BCUT2D eigenvalue weighted by atomic mass is 16.4. The molecule has 7 heteroatoms. The molecule has 0 saturated carbocycles. The molecule has 0 aliphatic carbocycles. The average molecular weight is 296 g/mol. The van der Waals surface area contributed by atoms with Gasteiger partial charge in [0.15, 0.2) is 0 Å². The van der Waals surface area contributed by atoms with E-state index >= 15 is 0 Å². The topological polar surface area (TPSA) is 109 Å². The van der Waals surface area contributed by atoms with Crippen molar-refractivity contribution in [3.05, 3.63) is 45.0 Å². The number of carboxylic acids is 1. The molecule has 0 amide bonds. The molecule has 108 valence electrons. The van der Waals surface area contributed by atoms with Crippen LogP contribution >= 0.6 is 0 Å². The Hall–Kier alpha value is -3.22. The lowest BCUT2D eigenvalue weighted by molar-refractivity contribution is -0.137. The second kappa shape index (κ2) is 3.91. The fourth-order valence-electron chi connectivity index (χ4n) is 2.95. The van der Waals surface area contributed by atoms with E-state index in [1.807, 2.05) is 0 Å². The van der Waals surface area contributed by atoms with Crippen molar-refractivity contribution in [3.63, 3.8) is 0 Å². The Morgan fingerprint density at radius 1 is 1.05 bits per heavy atom. The lowest BCUT2D eigenvalue weighted by Crippen LogP contribution is -2.24. The molecule has 4 aromatic rings. The molecule has 7 nitrogen and oxygen atoms in total. The maximum Gasteiger partial charge on any atom is 0.323 e. The summed E-state index contributed by atoms with van der Waals surface area (Å²) in [4.78, 5) is 39.1. The molecule has 2 heterocycles. The van der Waals surface area contributed by atoms with Gasteiger partial charge in [0, 0.05) is 21.5 Å². The van der Waals surface area contributed by atoms with Crippen LogP contribution in [-0.2, 0) is 11.3 Å². The minimum absolute atomic E-state index is 0.250. The summed E-state index contributed by atoms with van der Waals surface area (Å²) in [6.45, 7) is -0.640. The maximum atomic E-state index is 12.4. The predicted octanol–water partition coefficient (Wildman–Crippen LogP) is 0.729. The summed E-state index contributed by atoms with van der Waals surface area (Å²) in [5, 5.41) is 21.1. The zero-order valence-corrected chi connectivity index (χ0v) is 11.0. The Bertz CT molecular complexity index is 1180. The fourth-order valence-corrected chi connectivity index (χ4v) is 2.95. The van der Waals surface area contributed by atoms with Crippen molar-refractivity contribution in [2.24, 2.45) is 0 Å². The molecule has 0 atom stereocenters. The number of carboxylic acid groups (broad SMARTS) is 1. The number of rotatable bonds is 2. The van der Waals surface area contributed by atoms with Crippen LogP contribution in [0.1, 0.15) is 0 Å². The van der Waals surface area contributed by atoms with Gasteiger partial charge in [-0.2, -0.15) is 0 Å². The lowest BCUT2D eigenvalue weighted by atomic mass is 10.00. The fraction of sp³-hybridized carbons (Fsp3) is 0.0667. The van der Waals surface area contributed by atoms with E-state index < -0.39 is 29.5 Å². The van der Waals surface area contributed by atoms with E-state index in [2.05, 4.69) is 4.98 Å². The molecular formula is C15H8N2O5. The molecule has 0 aliphatic heterocycles. The van der Waals surface area contributed by atoms with Gasteiger partial charge in [-0.25, -0.2) is 4.98 Å². The van der Waals surface area contributed by atoms with E-state index in [9.17, 15) is 19.5 Å². The summed E-state index contributed by atoms with van der Waals surface area (Å²) >= 11 is 0. The average Bonchev–Trinajstić information content (AvgIpc) is 2.81. The Morgan fingerprint density at radius 3 is 2.45 bits per heavy atom. The van der Waals surface area contributed by atoms with E-state index in [1.54, 1.807) is 6.07 Å². The summed E-state index contributed by atoms with van der Waals surface area (Å²) in [5.74, 6) is -1.66. The monoisotopic (exact) mass is 296 g/mol. The van der Waals surface area contributed by atoms with Crippen LogP contribution < -0.4 is 11.1 Å². The van der Waals surface area contributed by atoms with E-state index in [0.717, 1.165) is 4.57 Å². The van der Waals surface area contributed by atoms with Crippen LogP contribution in [0.4, 0.5) is 0 Å². The molecule has 2 aromatic carbocycles. The number of nitrogens with zero attached hydrogens (tertiary/aromatic N) is 2. The Labute approximate surface area is 121 Å². The first-order valence-electron chi connectivity index (χ1n) is 6.45. The highest BCUT2D eigenvalue weighted by Gasteiger charge is 2.20. The van der Waals surface area contributed by atoms with Gasteiger partial charge >= 0.3 is 5.97 Å². The predicted molar refractivity (Wildman–Crippen MR) is 79.0 cm³/mol. The first-order chi connectivity index (χ1) is 10.5. The number of carbonyl (C=O) groups is 1. The van der Waals surface area contributed by atoms with Crippen LogP contribution in [0.5, 0.6) is 5.88 Å². The summed E-state index contributed by atoms with van der Waals surface area (Å²) < 4.78 is 0.801. The second-order valence-electron chi connectivity index (χ2n) is 5.07. The van der Waals surface area contributed by atoms with Crippen molar-refractivity contribution in [1.82, 2.24) is 9.55 Å². The molecule has 4 rings (SSSR count). The highest BCUT2D eigenvalue weighted by Crippen LogP contribution is 2.35. The maximum absolute atomic E-state index is 12.4. The number of benzene rings is 2. The summed E-state index contributed by atoms with van der Waals surface area (Å²) in [7, 11) is 0. The largest absolute Gasteiger partial charge is 0.494 e. The van der Waals surface area contributed by atoms with Crippen molar-refractivity contribution in [1.29, 1.82) is 0 Å². The number of hydrogen-bond donors (Lipinski definition) is 2. The summed E-state index contributed by atoms with van der Waals surface area (Å²) in [6.07, 6.45) is 0.